The predicted molar refractivity (Wildman–Crippen MR) is 207 cm³/mol. The number of ketones is 1. The number of aliphatic hydroxyl groups is 1. The average Bonchev–Trinajstić information content (AvgIpc) is 2.99. The van der Waals surface area contributed by atoms with Crippen molar-refractivity contribution in [2.75, 3.05) is 7.11 Å². The highest BCUT2D eigenvalue weighted by Crippen LogP contribution is 2.61. The molecule has 0 spiro atoms. The maximum atomic E-state index is 15.2. The summed E-state index contributed by atoms with van der Waals surface area (Å²) >= 11 is 0. The molecule has 0 saturated carbocycles. The van der Waals surface area contributed by atoms with E-state index in [-0.39, 0.29) is 29.2 Å². The molecule has 4 unspecified atom stereocenters. The van der Waals surface area contributed by atoms with Crippen molar-refractivity contribution in [3.63, 3.8) is 0 Å². The number of aryl methyl sites for hydroxylation is 1. The summed E-state index contributed by atoms with van der Waals surface area (Å²) in [5, 5.41) is 11.4. The molecule has 0 bridgehead atoms. The molecule has 294 valence electrons. The Hall–Kier alpha value is -2.82. The number of ether oxygens (including phenoxy) is 4. The number of fused-ring (bicyclic) bond motifs is 2. The van der Waals surface area contributed by atoms with Gasteiger partial charge in [-0.05, 0) is 50.5 Å². The van der Waals surface area contributed by atoms with Gasteiger partial charge in [-0.1, -0.05) is 62.3 Å². The van der Waals surface area contributed by atoms with E-state index in [9.17, 15) is 14.7 Å². The number of carbonyl (C=O) groups is 3. The van der Waals surface area contributed by atoms with Crippen LogP contribution in [0.1, 0.15) is 134 Å². The lowest BCUT2D eigenvalue weighted by Gasteiger charge is -2.51. The topological polar surface area (TPSA) is 136 Å². The van der Waals surface area contributed by atoms with Gasteiger partial charge < -0.3 is 37.3 Å². The second-order valence-electron chi connectivity index (χ2n) is 18.9. The fourth-order valence-corrected chi connectivity index (χ4v) is 14.0. The van der Waals surface area contributed by atoms with Gasteiger partial charge in [0.2, 0.25) is 0 Å². The summed E-state index contributed by atoms with van der Waals surface area (Å²) in [6.07, 6.45) is -3.32. The van der Waals surface area contributed by atoms with Crippen LogP contribution in [-0.2, 0) is 23.4 Å². The van der Waals surface area contributed by atoms with Gasteiger partial charge in [-0.25, -0.2) is 0 Å². The van der Waals surface area contributed by atoms with E-state index in [1.165, 1.54) is 6.92 Å². The second kappa shape index (κ2) is 13.4. The lowest BCUT2D eigenvalue weighted by atomic mass is 9.81. The van der Waals surface area contributed by atoms with Gasteiger partial charge in [0.25, 0.3) is 0 Å². The Morgan fingerprint density at radius 2 is 1.62 bits per heavy atom. The molecule has 13 heteroatoms. The molecule has 0 amide bonds. The van der Waals surface area contributed by atoms with Crippen molar-refractivity contribution in [3.05, 3.63) is 28.3 Å². The standard InChI is InChI=1S/C40H60O11Si2/c1-21-17-24-29-34(25(21)20-41)50-53(38(7,8)9,39(10,11)12)51-35(29)31-30(33(24)45-14)26(18-27(32(31)43)49-52(15,16)37(4,5)6)48-28-19-40(13,44)36(22(2)46-28)47-23(3)42/h17,20,22,26-28,36,44H,18-19H2,1-16H3/t22?,26-,27-,28?,36?,40?/m0/s1. The molecule has 1 fully saturated rings. The van der Waals surface area contributed by atoms with Gasteiger partial charge in [0, 0.05) is 40.8 Å². The van der Waals surface area contributed by atoms with Crippen molar-refractivity contribution >= 4 is 45.7 Å². The Kier molecular flexibility index (Phi) is 10.5. The first kappa shape index (κ1) is 41.3. The van der Waals surface area contributed by atoms with Crippen LogP contribution in [0, 0.1) is 6.92 Å². The summed E-state index contributed by atoms with van der Waals surface area (Å²) in [6.45, 7) is 29.5. The van der Waals surface area contributed by atoms with E-state index in [0.29, 0.717) is 44.7 Å². The molecule has 2 heterocycles. The molecule has 5 rings (SSSR count). The van der Waals surface area contributed by atoms with E-state index in [0.717, 1.165) is 6.29 Å². The van der Waals surface area contributed by atoms with Gasteiger partial charge in [-0.3, -0.25) is 14.4 Å². The van der Waals surface area contributed by atoms with Crippen molar-refractivity contribution in [3.8, 4) is 17.2 Å². The van der Waals surface area contributed by atoms with Crippen LogP contribution in [0.4, 0.5) is 0 Å². The maximum Gasteiger partial charge on any atom is 0.471 e. The Labute approximate surface area is 316 Å². The van der Waals surface area contributed by atoms with E-state index in [2.05, 4.69) is 75.4 Å². The van der Waals surface area contributed by atoms with Crippen LogP contribution in [0.5, 0.6) is 17.2 Å². The summed E-state index contributed by atoms with van der Waals surface area (Å²) in [4.78, 5) is 40.0. The molecule has 11 nitrogen and oxygen atoms in total. The first-order valence-corrected chi connectivity index (χ1v) is 23.3. The third-order valence-corrected chi connectivity index (χ3v) is 21.1. The van der Waals surface area contributed by atoms with Crippen LogP contribution in [0.25, 0.3) is 10.8 Å². The van der Waals surface area contributed by atoms with Crippen molar-refractivity contribution in [2.45, 2.75) is 167 Å². The van der Waals surface area contributed by atoms with Crippen molar-refractivity contribution in [1.82, 2.24) is 0 Å². The van der Waals surface area contributed by atoms with Gasteiger partial charge in [0.15, 0.2) is 32.8 Å². The maximum absolute atomic E-state index is 15.2. The number of Topliss-reactive ketones (excluding diaryl/α,β-unsaturated/α-hetero) is 1. The molecule has 2 aromatic carbocycles. The minimum atomic E-state index is -3.44. The van der Waals surface area contributed by atoms with Crippen LogP contribution in [0.2, 0.25) is 28.2 Å². The number of esters is 1. The zero-order chi connectivity index (χ0) is 40.0. The van der Waals surface area contributed by atoms with Gasteiger partial charge in [-0.15, -0.1) is 0 Å². The molecule has 1 aliphatic carbocycles. The number of hydrogen-bond donors (Lipinski definition) is 1. The third kappa shape index (κ3) is 6.88. The summed E-state index contributed by atoms with van der Waals surface area (Å²) in [5.74, 6) is 0.349. The van der Waals surface area contributed by atoms with Crippen molar-refractivity contribution < 1.29 is 51.7 Å². The molecule has 1 N–H and O–H groups in total. The van der Waals surface area contributed by atoms with Crippen molar-refractivity contribution in [2.24, 2.45) is 0 Å². The lowest BCUT2D eigenvalue weighted by Crippen LogP contribution is -2.63. The average molecular weight is 773 g/mol. The molecule has 0 aromatic heterocycles. The Morgan fingerprint density at radius 1 is 1.04 bits per heavy atom. The molecule has 6 atom stereocenters. The van der Waals surface area contributed by atoms with E-state index < -0.39 is 69.2 Å². The Bertz CT molecular complexity index is 1800. The van der Waals surface area contributed by atoms with Crippen molar-refractivity contribution in [1.29, 1.82) is 0 Å². The van der Waals surface area contributed by atoms with Gasteiger partial charge in [-0.2, -0.15) is 0 Å². The molecule has 2 aliphatic heterocycles. The first-order chi connectivity index (χ1) is 24.1. The van der Waals surface area contributed by atoms with Gasteiger partial charge in [0.1, 0.15) is 29.0 Å². The van der Waals surface area contributed by atoms with Crippen LogP contribution >= 0.6 is 0 Å². The number of rotatable bonds is 7. The molecule has 53 heavy (non-hydrogen) atoms. The summed E-state index contributed by atoms with van der Waals surface area (Å²) in [7, 11) is -4.43. The monoisotopic (exact) mass is 772 g/mol. The Balaban J connectivity index is 1.82. The lowest BCUT2D eigenvalue weighted by molar-refractivity contribution is -0.289. The zero-order valence-electron chi connectivity index (χ0n) is 34.5. The molecular weight excluding hydrogens is 713 g/mol. The molecular formula is C40H60O11Si2. The van der Waals surface area contributed by atoms with E-state index in [1.54, 1.807) is 21.0 Å². The highest BCUT2D eigenvalue weighted by atomic mass is 28.4. The SMILES string of the molecule is COc1c2c(c3c4c(c(C=O)c(C)cc14)O[Si](C(C)(C)C)(C(C)(C)C)O3)C(=O)[C@@H](O[Si](C)(C)C(C)(C)C)C[C@@H]2OC1CC(C)(O)C(OC(C)=O)C(C)O1. The Morgan fingerprint density at radius 3 is 2.11 bits per heavy atom. The fourth-order valence-electron chi connectivity index (χ4n) is 8.21. The van der Waals surface area contributed by atoms with E-state index in [4.69, 9.17) is 32.2 Å². The zero-order valence-corrected chi connectivity index (χ0v) is 36.5. The normalized spacial score (nSPS) is 27.4. The smallest absolute Gasteiger partial charge is 0.471 e. The molecule has 3 aliphatic rings. The van der Waals surface area contributed by atoms with Gasteiger partial charge >= 0.3 is 14.5 Å². The quantitative estimate of drug-likeness (QED) is 0.165. The van der Waals surface area contributed by atoms with Crippen LogP contribution in [0.15, 0.2) is 6.07 Å². The molecule has 2 aromatic rings. The van der Waals surface area contributed by atoms with E-state index >= 15 is 4.79 Å². The fraction of sp³-hybridized carbons (Fsp3) is 0.675. The highest BCUT2D eigenvalue weighted by Gasteiger charge is 2.65. The van der Waals surface area contributed by atoms with Gasteiger partial charge in [0.05, 0.1) is 35.8 Å². The van der Waals surface area contributed by atoms with Crippen LogP contribution < -0.4 is 13.6 Å². The number of aldehydes is 1. The largest absolute Gasteiger partial charge is 0.510 e. The number of methoxy groups -OCH3 is 1. The summed E-state index contributed by atoms with van der Waals surface area (Å²) < 4.78 is 46.2. The highest BCUT2D eigenvalue weighted by molar-refractivity contribution is 6.75. The minimum absolute atomic E-state index is 0.00799. The predicted octanol–water partition coefficient (Wildman–Crippen LogP) is 8.64. The van der Waals surface area contributed by atoms with E-state index in [1.807, 2.05) is 13.0 Å². The van der Waals surface area contributed by atoms with Crippen LogP contribution in [0.3, 0.4) is 0 Å². The number of hydrogen-bond acceptors (Lipinski definition) is 11. The number of benzene rings is 2. The molecule has 1 saturated heterocycles. The number of carbonyl (C=O) groups excluding carboxylic acids is 3. The summed E-state index contributed by atoms with van der Waals surface area (Å²) in [6, 6.07) is 1.87. The first-order valence-electron chi connectivity index (χ1n) is 18.6. The van der Waals surface area contributed by atoms with Crippen LogP contribution in [-0.4, -0.2) is 77.3 Å². The summed E-state index contributed by atoms with van der Waals surface area (Å²) in [5.41, 5.74) is 0.382. The molecule has 0 radical (unpaired) electrons. The minimum Gasteiger partial charge on any atom is -0.510 e. The third-order valence-electron chi connectivity index (χ3n) is 11.7. The second-order valence-corrected chi connectivity index (χ2v) is 28.3.